The molecule has 0 spiro atoms. The molecule has 4 aromatic heterocycles. The van der Waals surface area contributed by atoms with E-state index in [9.17, 15) is 9.70 Å². The summed E-state index contributed by atoms with van der Waals surface area (Å²) in [6, 6.07) is 12.4. The van der Waals surface area contributed by atoms with Gasteiger partial charge in [0.15, 0.2) is 0 Å². The van der Waals surface area contributed by atoms with Crippen molar-refractivity contribution in [2.45, 2.75) is 45.2 Å². The molecular weight excluding hydrogens is 535 g/mol. The third-order valence-electron chi connectivity index (χ3n) is 7.86. The van der Waals surface area contributed by atoms with Crippen molar-refractivity contribution in [3.05, 3.63) is 93.3 Å². The molecule has 4 heterocycles. The molecule has 0 unspecified atom stereocenters. The number of H-pyrrole nitrogens is 1. The first-order valence-corrected chi connectivity index (χ1v) is 13.8. The maximum absolute atomic E-state index is 15.3. The predicted molar refractivity (Wildman–Crippen MR) is 160 cm³/mol. The molecule has 1 fully saturated rings. The van der Waals surface area contributed by atoms with E-state index < -0.39 is 11.4 Å². The first kappa shape index (κ1) is 25.8. The second kappa shape index (κ2) is 9.72. The van der Waals surface area contributed by atoms with Gasteiger partial charge in [0, 0.05) is 40.5 Å². The Labute approximate surface area is 239 Å². The third-order valence-corrected chi connectivity index (χ3v) is 7.86. The molecule has 3 N–H and O–H groups in total. The van der Waals surface area contributed by atoms with Crippen LogP contribution in [0, 0.1) is 10.7 Å². The smallest absolute Gasteiger partial charge is 0.265 e. The highest BCUT2D eigenvalue weighted by Crippen LogP contribution is 2.41. The summed E-state index contributed by atoms with van der Waals surface area (Å²) in [6.45, 7) is 3.84. The van der Waals surface area contributed by atoms with E-state index in [4.69, 9.17) is 5.73 Å². The van der Waals surface area contributed by atoms with Crippen LogP contribution < -0.4 is 11.3 Å². The van der Waals surface area contributed by atoms with Crippen LogP contribution in [0.25, 0.3) is 50.0 Å². The number of aromatic nitrogens is 6. The van der Waals surface area contributed by atoms with Crippen LogP contribution in [0.2, 0.25) is 0 Å². The van der Waals surface area contributed by atoms with Gasteiger partial charge in [0.25, 0.3) is 5.56 Å². The lowest BCUT2D eigenvalue weighted by molar-refractivity contribution is 0.532. The maximum atomic E-state index is 15.3. The van der Waals surface area contributed by atoms with Crippen LogP contribution in [0.15, 0.2) is 71.0 Å². The summed E-state index contributed by atoms with van der Waals surface area (Å²) < 4.78 is 18.5. The van der Waals surface area contributed by atoms with E-state index in [-0.39, 0.29) is 23.9 Å². The number of rotatable bonds is 7. The zero-order valence-corrected chi connectivity index (χ0v) is 23.0. The summed E-state index contributed by atoms with van der Waals surface area (Å²) in [4.78, 5) is 37.6. The fraction of sp³-hybridized carbons (Fsp3) is 0.226. The second-order valence-corrected chi connectivity index (χ2v) is 11.0. The van der Waals surface area contributed by atoms with E-state index in [1.165, 1.54) is 10.6 Å². The molecule has 42 heavy (non-hydrogen) atoms. The SMILES string of the molecule is CC(C)n1cc(-c2cc3c(-c4cccc(-n5ccc6cc(C7CC7)cc(F)c6c5=O)c4CN=O)nc(N)nc3[nH]2)cn1. The predicted octanol–water partition coefficient (Wildman–Crippen LogP) is 6.24. The van der Waals surface area contributed by atoms with Crippen LogP contribution in [0.5, 0.6) is 0 Å². The second-order valence-electron chi connectivity index (χ2n) is 11.0. The van der Waals surface area contributed by atoms with Crippen molar-refractivity contribution in [3.63, 3.8) is 0 Å². The molecule has 1 aliphatic rings. The quantitative estimate of drug-likeness (QED) is 0.221. The number of aromatic amines is 1. The number of halogens is 1. The van der Waals surface area contributed by atoms with Gasteiger partial charge in [-0.05, 0) is 67.8 Å². The lowest BCUT2D eigenvalue weighted by Crippen LogP contribution is -2.20. The Balaban J connectivity index is 1.41. The molecule has 210 valence electrons. The van der Waals surface area contributed by atoms with Gasteiger partial charge in [-0.1, -0.05) is 23.4 Å². The number of nitrogen functional groups attached to an aromatic ring is 1. The molecular formula is C31H27FN8O2. The Morgan fingerprint density at radius 1 is 1.17 bits per heavy atom. The van der Waals surface area contributed by atoms with Crippen LogP contribution in [-0.4, -0.2) is 29.3 Å². The summed E-state index contributed by atoms with van der Waals surface area (Å²) in [5.41, 5.74) is 10.6. The average molecular weight is 563 g/mol. The Morgan fingerprint density at radius 3 is 2.74 bits per heavy atom. The Morgan fingerprint density at radius 2 is 2.00 bits per heavy atom. The maximum Gasteiger partial charge on any atom is 0.265 e. The summed E-state index contributed by atoms with van der Waals surface area (Å²) in [6.07, 6.45) is 7.37. The number of hydrogen-bond acceptors (Lipinski definition) is 7. The molecule has 6 aromatic rings. The van der Waals surface area contributed by atoms with Crippen molar-refractivity contribution < 1.29 is 4.39 Å². The van der Waals surface area contributed by atoms with Crippen LogP contribution in [0.1, 0.15) is 49.8 Å². The first-order chi connectivity index (χ1) is 20.3. The molecule has 11 heteroatoms. The van der Waals surface area contributed by atoms with Crippen LogP contribution in [0.4, 0.5) is 10.3 Å². The number of benzene rings is 2. The number of pyridine rings is 1. The van der Waals surface area contributed by atoms with Gasteiger partial charge in [0.05, 0.1) is 28.7 Å². The van der Waals surface area contributed by atoms with Crippen LogP contribution in [0.3, 0.4) is 0 Å². The molecule has 0 saturated heterocycles. The molecule has 2 aromatic carbocycles. The highest BCUT2D eigenvalue weighted by atomic mass is 19.1. The zero-order chi connectivity index (χ0) is 29.1. The molecule has 0 amide bonds. The van der Waals surface area contributed by atoms with Gasteiger partial charge in [0.1, 0.15) is 18.0 Å². The fourth-order valence-corrected chi connectivity index (χ4v) is 5.59. The van der Waals surface area contributed by atoms with E-state index in [1.807, 2.05) is 36.9 Å². The largest absolute Gasteiger partial charge is 0.368 e. The van der Waals surface area contributed by atoms with Crippen molar-refractivity contribution in [1.29, 1.82) is 0 Å². The van der Waals surface area contributed by atoms with E-state index in [0.717, 1.165) is 29.7 Å². The summed E-state index contributed by atoms with van der Waals surface area (Å²) >= 11 is 0. The van der Waals surface area contributed by atoms with Crippen molar-refractivity contribution in [2.75, 3.05) is 5.73 Å². The standard InChI is InChI=1S/C31H27FN8O2/c1-16(2)40-15-20(13-34-40)25-12-22-28(37-31(33)38-29(22)36-25)21-4-3-5-26(23(21)14-35-42)39-9-8-18-10-19(17-6-7-17)11-24(32)27(18)30(39)41/h3-5,8-13,15-17H,6-7,14H2,1-2H3,(H3,33,36,37,38). The minimum Gasteiger partial charge on any atom is -0.368 e. The number of nitrogens with one attached hydrogen (secondary N) is 1. The van der Waals surface area contributed by atoms with Gasteiger partial charge < -0.3 is 10.7 Å². The van der Waals surface area contributed by atoms with E-state index in [1.54, 1.807) is 36.7 Å². The molecule has 0 atom stereocenters. The lowest BCUT2D eigenvalue weighted by atomic mass is 9.99. The summed E-state index contributed by atoms with van der Waals surface area (Å²) in [5.74, 6) is -0.160. The summed E-state index contributed by atoms with van der Waals surface area (Å²) in [7, 11) is 0. The van der Waals surface area contributed by atoms with E-state index >= 15 is 4.39 Å². The summed E-state index contributed by atoms with van der Waals surface area (Å²) in [5, 5.41) is 8.82. The van der Waals surface area contributed by atoms with Gasteiger partial charge in [-0.3, -0.25) is 14.0 Å². The van der Waals surface area contributed by atoms with Crippen molar-refractivity contribution in [1.82, 2.24) is 29.3 Å². The van der Waals surface area contributed by atoms with E-state index in [2.05, 4.69) is 25.2 Å². The molecule has 10 nitrogen and oxygen atoms in total. The fourth-order valence-electron chi connectivity index (χ4n) is 5.59. The lowest BCUT2D eigenvalue weighted by Gasteiger charge is -2.16. The molecule has 0 bridgehead atoms. The number of anilines is 1. The normalized spacial score (nSPS) is 13.4. The Kier molecular flexibility index (Phi) is 5.96. The third kappa shape index (κ3) is 4.25. The van der Waals surface area contributed by atoms with Gasteiger partial charge in [-0.2, -0.15) is 15.0 Å². The Bertz CT molecular complexity index is 2090. The molecule has 0 aliphatic heterocycles. The molecule has 1 saturated carbocycles. The number of nitrogens with zero attached hydrogens (tertiary/aromatic N) is 6. The number of fused-ring (bicyclic) bond motifs is 2. The molecule has 0 radical (unpaired) electrons. The number of nitroso groups, excluding NO2 is 1. The van der Waals surface area contributed by atoms with Crippen molar-refractivity contribution in [3.8, 4) is 28.2 Å². The van der Waals surface area contributed by atoms with Crippen LogP contribution in [-0.2, 0) is 6.54 Å². The zero-order valence-electron chi connectivity index (χ0n) is 23.0. The first-order valence-electron chi connectivity index (χ1n) is 13.8. The topological polar surface area (TPSA) is 137 Å². The van der Waals surface area contributed by atoms with Gasteiger partial charge in [-0.25, -0.2) is 9.37 Å². The monoisotopic (exact) mass is 562 g/mol. The van der Waals surface area contributed by atoms with Crippen molar-refractivity contribution in [2.24, 2.45) is 5.18 Å². The Hall–Kier alpha value is -5.19. The minimum atomic E-state index is -0.550. The minimum absolute atomic E-state index is 0.00297. The van der Waals surface area contributed by atoms with Gasteiger partial charge >= 0.3 is 0 Å². The van der Waals surface area contributed by atoms with Crippen LogP contribution >= 0.6 is 0 Å². The highest BCUT2D eigenvalue weighted by molar-refractivity contribution is 5.96. The highest BCUT2D eigenvalue weighted by Gasteiger charge is 2.26. The molecule has 7 rings (SSSR count). The van der Waals surface area contributed by atoms with Gasteiger partial charge in [-0.15, -0.1) is 0 Å². The average Bonchev–Trinajstić information content (AvgIpc) is 3.53. The van der Waals surface area contributed by atoms with Crippen molar-refractivity contribution >= 4 is 27.8 Å². The van der Waals surface area contributed by atoms with E-state index in [0.29, 0.717) is 44.8 Å². The number of hydrogen-bond donors (Lipinski definition) is 2. The molecule has 1 aliphatic carbocycles. The van der Waals surface area contributed by atoms with Gasteiger partial charge in [0.2, 0.25) is 5.95 Å². The number of nitrogens with two attached hydrogens (primary N) is 1.